The van der Waals surface area contributed by atoms with E-state index < -0.39 is 0 Å². The SMILES string of the molecule is COc1ccc2c(c1)O[C@@H](c1cnc(Cl)cn1)C[C@H]2N. The Morgan fingerprint density at radius 3 is 2.90 bits per heavy atom. The van der Waals surface area contributed by atoms with Crippen molar-refractivity contribution in [1.29, 1.82) is 0 Å². The zero-order chi connectivity index (χ0) is 14.1. The molecule has 1 aliphatic rings. The van der Waals surface area contributed by atoms with Gasteiger partial charge in [-0.3, -0.25) is 4.98 Å². The number of nitrogens with two attached hydrogens (primary N) is 1. The molecular formula is C14H14ClN3O2. The Morgan fingerprint density at radius 1 is 1.35 bits per heavy atom. The van der Waals surface area contributed by atoms with Gasteiger partial charge >= 0.3 is 0 Å². The Hall–Kier alpha value is -1.85. The fourth-order valence-corrected chi connectivity index (χ4v) is 2.38. The first kappa shape index (κ1) is 13.1. The number of hydrogen-bond donors (Lipinski definition) is 1. The van der Waals surface area contributed by atoms with Crippen LogP contribution in [0.25, 0.3) is 0 Å². The van der Waals surface area contributed by atoms with Crippen LogP contribution in [0.15, 0.2) is 30.6 Å². The van der Waals surface area contributed by atoms with E-state index in [0.717, 1.165) is 22.8 Å². The van der Waals surface area contributed by atoms with Gasteiger partial charge in [-0.15, -0.1) is 0 Å². The van der Waals surface area contributed by atoms with E-state index in [9.17, 15) is 0 Å². The van der Waals surface area contributed by atoms with Crippen molar-refractivity contribution in [1.82, 2.24) is 9.97 Å². The number of rotatable bonds is 2. The summed E-state index contributed by atoms with van der Waals surface area (Å²) in [7, 11) is 1.62. The van der Waals surface area contributed by atoms with Crippen molar-refractivity contribution in [2.24, 2.45) is 5.73 Å². The standard InChI is InChI=1S/C14H14ClN3O2/c1-19-8-2-3-9-10(16)5-13(20-12(9)4-8)11-6-18-14(15)7-17-11/h2-4,6-7,10,13H,5,16H2,1H3/t10-,13-/m1/s1. The second-order valence-corrected chi connectivity index (χ2v) is 5.00. The molecule has 2 aromatic rings. The molecule has 0 aliphatic carbocycles. The zero-order valence-corrected chi connectivity index (χ0v) is 11.7. The molecule has 104 valence electrons. The van der Waals surface area contributed by atoms with Crippen molar-refractivity contribution >= 4 is 11.6 Å². The Kier molecular flexibility index (Phi) is 3.46. The molecule has 1 aliphatic heterocycles. The van der Waals surface area contributed by atoms with Gasteiger partial charge in [-0.05, 0) is 6.07 Å². The highest BCUT2D eigenvalue weighted by molar-refractivity contribution is 6.29. The van der Waals surface area contributed by atoms with Crippen molar-refractivity contribution in [2.75, 3.05) is 7.11 Å². The second-order valence-electron chi connectivity index (χ2n) is 4.62. The molecule has 5 nitrogen and oxygen atoms in total. The Labute approximate surface area is 121 Å². The summed E-state index contributed by atoms with van der Waals surface area (Å²) in [6.07, 6.45) is 3.54. The van der Waals surface area contributed by atoms with Crippen molar-refractivity contribution in [2.45, 2.75) is 18.6 Å². The van der Waals surface area contributed by atoms with E-state index in [2.05, 4.69) is 9.97 Å². The predicted molar refractivity (Wildman–Crippen MR) is 75.0 cm³/mol. The van der Waals surface area contributed by atoms with Crippen LogP contribution in [-0.4, -0.2) is 17.1 Å². The molecule has 3 rings (SSSR count). The van der Waals surface area contributed by atoms with Gasteiger partial charge in [-0.25, -0.2) is 4.98 Å². The minimum atomic E-state index is -0.227. The summed E-state index contributed by atoms with van der Waals surface area (Å²) in [5.41, 5.74) is 7.90. The van der Waals surface area contributed by atoms with Crippen molar-refractivity contribution in [3.8, 4) is 11.5 Å². The van der Waals surface area contributed by atoms with Gasteiger partial charge in [0.05, 0.1) is 25.2 Å². The molecule has 0 radical (unpaired) electrons. The van der Waals surface area contributed by atoms with E-state index in [1.807, 2.05) is 18.2 Å². The quantitative estimate of drug-likeness (QED) is 0.921. The molecule has 6 heteroatoms. The van der Waals surface area contributed by atoms with Gasteiger partial charge in [0.1, 0.15) is 22.8 Å². The lowest BCUT2D eigenvalue weighted by Gasteiger charge is -2.30. The first-order valence-electron chi connectivity index (χ1n) is 6.25. The van der Waals surface area contributed by atoms with Crippen LogP contribution in [-0.2, 0) is 0 Å². The smallest absolute Gasteiger partial charge is 0.147 e. The molecule has 2 N–H and O–H groups in total. The van der Waals surface area contributed by atoms with Crippen LogP contribution in [0, 0.1) is 0 Å². The fourth-order valence-electron chi connectivity index (χ4n) is 2.28. The van der Waals surface area contributed by atoms with Gasteiger partial charge in [0, 0.05) is 24.1 Å². The molecule has 2 atom stereocenters. The maximum atomic E-state index is 6.20. The molecule has 0 amide bonds. The normalized spacial score (nSPS) is 20.9. The van der Waals surface area contributed by atoms with E-state index >= 15 is 0 Å². The fraction of sp³-hybridized carbons (Fsp3) is 0.286. The number of halogens is 1. The van der Waals surface area contributed by atoms with Crippen LogP contribution in [0.1, 0.15) is 29.8 Å². The second kappa shape index (κ2) is 5.26. The average molecular weight is 292 g/mol. The summed E-state index contributed by atoms with van der Waals surface area (Å²) in [5.74, 6) is 1.46. The lowest BCUT2D eigenvalue weighted by molar-refractivity contribution is 0.156. The molecule has 0 spiro atoms. The minimum absolute atomic E-state index is 0.105. The van der Waals surface area contributed by atoms with Crippen LogP contribution in [0.2, 0.25) is 5.15 Å². The number of benzene rings is 1. The third-order valence-electron chi connectivity index (χ3n) is 3.33. The number of hydrogen-bond acceptors (Lipinski definition) is 5. The first-order chi connectivity index (χ1) is 9.67. The summed E-state index contributed by atoms with van der Waals surface area (Å²) in [4.78, 5) is 8.27. The van der Waals surface area contributed by atoms with Crippen molar-refractivity contribution in [3.63, 3.8) is 0 Å². The zero-order valence-electron chi connectivity index (χ0n) is 10.9. The van der Waals surface area contributed by atoms with Crippen molar-refractivity contribution < 1.29 is 9.47 Å². The van der Waals surface area contributed by atoms with Crippen LogP contribution < -0.4 is 15.2 Å². The van der Waals surface area contributed by atoms with Gasteiger partial charge in [0.15, 0.2) is 0 Å². The third kappa shape index (κ3) is 2.42. The van der Waals surface area contributed by atoms with Crippen LogP contribution in [0.5, 0.6) is 11.5 Å². The number of ether oxygens (including phenoxy) is 2. The Bertz CT molecular complexity index is 618. The topological polar surface area (TPSA) is 70.3 Å². The number of nitrogens with zero attached hydrogens (tertiary/aromatic N) is 2. The van der Waals surface area contributed by atoms with E-state index in [0.29, 0.717) is 11.6 Å². The highest BCUT2D eigenvalue weighted by atomic mass is 35.5. The highest BCUT2D eigenvalue weighted by Crippen LogP contribution is 2.40. The molecule has 0 saturated heterocycles. The molecule has 1 aromatic carbocycles. The van der Waals surface area contributed by atoms with Gasteiger partial charge in [-0.1, -0.05) is 17.7 Å². The van der Waals surface area contributed by atoms with E-state index in [1.54, 1.807) is 13.3 Å². The molecule has 0 bridgehead atoms. The van der Waals surface area contributed by atoms with Gasteiger partial charge in [0.2, 0.25) is 0 Å². The molecule has 0 saturated carbocycles. The summed E-state index contributed by atoms with van der Waals surface area (Å²) < 4.78 is 11.2. The molecule has 0 fully saturated rings. The number of aromatic nitrogens is 2. The Morgan fingerprint density at radius 2 is 2.20 bits per heavy atom. The largest absolute Gasteiger partial charge is 0.497 e. The summed E-state index contributed by atoms with van der Waals surface area (Å²) in [6.45, 7) is 0. The molecular weight excluding hydrogens is 278 g/mol. The van der Waals surface area contributed by atoms with E-state index in [-0.39, 0.29) is 12.1 Å². The van der Waals surface area contributed by atoms with E-state index in [1.165, 1.54) is 6.20 Å². The first-order valence-corrected chi connectivity index (χ1v) is 6.63. The monoisotopic (exact) mass is 291 g/mol. The molecule has 2 heterocycles. The number of fused-ring (bicyclic) bond motifs is 1. The van der Waals surface area contributed by atoms with Crippen molar-refractivity contribution in [3.05, 3.63) is 47.0 Å². The lowest BCUT2D eigenvalue weighted by Crippen LogP contribution is -2.24. The third-order valence-corrected chi connectivity index (χ3v) is 3.52. The molecule has 20 heavy (non-hydrogen) atoms. The Balaban J connectivity index is 1.92. The maximum absolute atomic E-state index is 6.20. The highest BCUT2D eigenvalue weighted by Gasteiger charge is 2.28. The van der Waals surface area contributed by atoms with Gasteiger partial charge in [0.25, 0.3) is 0 Å². The van der Waals surface area contributed by atoms with Crippen LogP contribution >= 0.6 is 11.6 Å². The van der Waals surface area contributed by atoms with E-state index in [4.69, 9.17) is 26.8 Å². The minimum Gasteiger partial charge on any atom is -0.497 e. The molecule has 0 unspecified atom stereocenters. The molecule has 1 aromatic heterocycles. The predicted octanol–water partition coefficient (Wildman–Crippen LogP) is 2.66. The van der Waals surface area contributed by atoms with Gasteiger partial charge < -0.3 is 15.2 Å². The summed E-state index contributed by atoms with van der Waals surface area (Å²) in [6, 6.07) is 5.55. The lowest BCUT2D eigenvalue weighted by atomic mass is 9.96. The van der Waals surface area contributed by atoms with Gasteiger partial charge in [-0.2, -0.15) is 0 Å². The summed E-state index contributed by atoms with van der Waals surface area (Å²) in [5, 5.41) is 0.357. The average Bonchev–Trinajstić information content (AvgIpc) is 2.47. The summed E-state index contributed by atoms with van der Waals surface area (Å²) >= 11 is 5.74. The number of methoxy groups -OCH3 is 1. The maximum Gasteiger partial charge on any atom is 0.147 e. The van der Waals surface area contributed by atoms with Crippen LogP contribution in [0.3, 0.4) is 0 Å². The van der Waals surface area contributed by atoms with Crippen LogP contribution in [0.4, 0.5) is 0 Å².